The van der Waals surface area contributed by atoms with Gasteiger partial charge in [0.15, 0.2) is 11.6 Å². The summed E-state index contributed by atoms with van der Waals surface area (Å²) in [5, 5.41) is 4.39. The third kappa shape index (κ3) is 2.57. The molecule has 0 aliphatic rings. The fourth-order valence-electron chi connectivity index (χ4n) is 2.26. The average molecular weight is 284 g/mol. The van der Waals surface area contributed by atoms with Crippen LogP contribution in [0.3, 0.4) is 0 Å². The summed E-state index contributed by atoms with van der Waals surface area (Å²) >= 11 is 0. The molecule has 0 aliphatic heterocycles. The molecule has 0 saturated carbocycles. The lowest BCUT2D eigenvalue weighted by molar-refractivity contribution is 0.509. The molecule has 2 nitrogen and oxygen atoms in total. The Morgan fingerprint density at radius 3 is 2.24 bits per heavy atom. The summed E-state index contributed by atoms with van der Waals surface area (Å²) in [6, 6.07) is 11.6. The summed E-state index contributed by atoms with van der Waals surface area (Å²) < 4.78 is 28.2. The lowest BCUT2D eigenvalue weighted by Crippen LogP contribution is -1.98. The molecule has 0 saturated heterocycles. The molecule has 0 radical (unpaired) electrons. The maximum atomic E-state index is 13.4. The highest BCUT2D eigenvalue weighted by atomic mass is 19.2. The van der Waals surface area contributed by atoms with Gasteiger partial charge in [0.2, 0.25) is 0 Å². The van der Waals surface area contributed by atoms with Crippen molar-refractivity contribution in [3.05, 3.63) is 71.6 Å². The maximum absolute atomic E-state index is 13.4. The van der Waals surface area contributed by atoms with Gasteiger partial charge in [0, 0.05) is 6.20 Å². The van der Waals surface area contributed by atoms with Gasteiger partial charge in [-0.05, 0) is 54.8 Å². The van der Waals surface area contributed by atoms with Crippen molar-refractivity contribution in [3.63, 3.8) is 0 Å². The largest absolute Gasteiger partial charge is 0.240 e. The molecule has 0 atom stereocenters. The molecule has 0 fully saturated rings. The lowest BCUT2D eigenvalue weighted by atomic mass is 10.0. The third-order valence-corrected chi connectivity index (χ3v) is 3.43. The van der Waals surface area contributed by atoms with Crippen LogP contribution in [0.4, 0.5) is 8.78 Å². The van der Waals surface area contributed by atoms with E-state index >= 15 is 0 Å². The van der Waals surface area contributed by atoms with Crippen LogP contribution >= 0.6 is 0 Å². The lowest BCUT2D eigenvalue weighted by Gasteiger charge is -2.09. The number of rotatable bonds is 2. The van der Waals surface area contributed by atoms with Gasteiger partial charge in [-0.2, -0.15) is 5.10 Å². The number of halogens is 2. The monoisotopic (exact) mass is 284 g/mol. The predicted molar refractivity (Wildman–Crippen MR) is 78.4 cm³/mol. The molecule has 0 spiro atoms. The molecule has 0 bridgehead atoms. The van der Waals surface area contributed by atoms with E-state index in [0.29, 0.717) is 5.56 Å². The van der Waals surface area contributed by atoms with Crippen LogP contribution in [0.1, 0.15) is 11.3 Å². The molecular formula is C17H14F2N2. The van der Waals surface area contributed by atoms with Gasteiger partial charge in [-0.15, -0.1) is 0 Å². The van der Waals surface area contributed by atoms with Crippen LogP contribution in [0.2, 0.25) is 0 Å². The average Bonchev–Trinajstić information content (AvgIpc) is 2.89. The first kappa shape index (κ1) is 13.5. The van der Waals surface area contributed by atoms with Crippen LogP contribution in [-0.4, -0.2) is 9.78 Å². The third-order valence-electron chi connectivity index (χ3n) is 3.43. The fourth-order valence-corrected chi connectivity index (χ4v) is 2.26. The van der Waals surface area contributed by atoms with Crippen molar-refractivity contribution in [2.45, 2.75) is 13.8 Å². The maximum Gasteiger partial charge on any atom is 0.159 e. The number of hydrogen-bond donors (Lipinski definition) is 0. The van der Waals surface area contributed by atoms with Gasteiger partial charge >= 0.3 is 0 Å². The van der Waals surface area contributed by atoms with Crippen molar-refractivity contribution in [3.8, 4) is 16.8 Å². The molecule has 4 heteroatoms. The van der Waals surface area contributed by atoms with Crippen LogP contribution in [0.5, 0.6) is 0 Å². The molecule has 21 heavy (non-hydrogen) atoms. The molecule has 3 aromatic rings. The molecule has 106 valence electrons. The number of benzene rings is 2. The number of aromatic nitrogens is 2. The van der Waals surface area contributed by atoms with Crippen molar-refractivity contribution in [2.75, 3.05) is 0 Å². The molecule has 0 N–H and O–H groups in total. The molecule has 1 heterocycles. The van der Waals surface area contributed by atoms with Gasteiger partial charge in [-0.1, -0.05) is 18.2 Å². The minimum Gasteiger partial charge on any atom is -0.240 e. The van der Waals surface area contributed by atoms with Crippen LogP contribution in [0.15, 0.2) is 48.7 Å². The quantitative estimate of drug-likeness (QED) is 0.680. The minimum absolute atomic E-state index is 0.638. The normalized spacial score (nSPS) is 10.9. The number of aryl methyl sites for hydroxylation is 2. The second kappa shape index (κ2) is 5.13. The van der Waals surface area contributed by atoms with Crippen LogP contribution < -0.4 is 0 Å². The second-order valence-electron chi connectivity index (χ2n) is 5.03. The van der Waals surface area contributed by atoms with E-state index in [9.17, 15) is 8.78 Å². The zero-order valence-corrected chi connectivity index (χ0v) is 11.8. The molecule has 3 rings (SSSR count). The van der Waals surface area contributed by atoms with Crippen LogP contribution in [-0.2, 0) is 0 Å². The first-order valence-electron chi connectivity index (χ1n) is 6.63. The van der Waals surface area contributed by atoms with Gasteiger partial charge in [0.05, 0.1) is 11.4 Å². The van der Waals surface area contributed by atoms with Gasteiger partial charge in [0.1, 0.15) is 0 Å². The summed E-state index contributed by atoms with van der Waals surface area (Å²) in [5.41, 5.74) is 4.36. The first-order chi connectivity index (χ1) is 10.0. The summed E-state index contributed by atoms with van der Waals surface area (Å²) in [4.78, 5) is 0. The SMILES string of the molecule is Cc1ccn(-c2cc(-c3ccc(F)c(F)c3)ccc2C)n1. The van der Waals surface area contributed by atoms with E-state index < -0.39 is 11.6 Å². The van der Waals surface area contributed by atoms with E-state index in [1.54, 1.807) is 10.7 Å². The van der Waals surface area contributed by atoms with E-state index in [1.807, 2.05) is 44.3 Å². The van der Waals surface area contributed by atoms with Crippen molar-refractivity contribution in [1.82, 2.24) is 9.78 Å². The summed E-state index contributed by atoms with van der Waals surface area (Å²) in [7, 11) is 0. The zero-order valence-electron chi connectivity index (χ0n) is 11.8. The highest BCUT2D eigenvalue weighted by Crippen LogP contribution is 2.25. The predicted octanol–water partition coefficient (Wildman–Crippen LogP) is 4.43. The van der Waals surface area contributed by atoms with E-state index in [4.69, 9.17) is 0 Å². The summed E-state index contributed by atoms with van der Waals surface area (Å²) in [5.74, 6) is -1.68. The van der Waals surface area contributed by atoms with E-state index in [-0.39, 0.29) is 0 Å². The van der Waals surface area contributed by atoms with Crippen molar-refractivity contribution in [2.24, 2.45) is 0 Å². The molecule has 0 unspecified atom stereocenters. The Morgan fingerprint density at radius 2 is 1.57 bits per heavy atom. The van der Waals surface area contributed by atoms with Crippen molar-refractivity contribution in [1.29, 1.82) is 0 Å². The topological polar surface area (TPSA) is 17.8 Å². The fraction of sp³-hybridized carbons (Fsp3) is 0.118. The number of nitrogens with zero attached hydrogens (tertiary/aromatic N) is 2. The highest BCUT2D eigenvalue weighted by molar-refractivity contribution is 5.67. The van der Waals surface area contributed by atoms with Crippen LogP contribution in [0.25, 0.3) is 16.8 Å². The molecule has 0 aliphatic carbocycles. The van der Waals surface area contributed by atoms with E-state index in [2.05, 4.69) is 5.10 Å². The van der Waals surface area contributed by atoms with Crippen LogP contribution in [0, 0.1) is 25.5 Å². The molecule has 1 aromatic heterocycles. The zero-order chi connectivity index (χ0) is 15.0. The van der Waals surface area contributed by atoms with E-state index in [1.165, 1.54) is 6.07 Å². The van der Waals surface area contributed by atoms with Gasteiger partial charge in [0.25, 0.3) is 0 Å². The van der Waals surface area contributed by atoms with Crippen molar-refractivity contribution < 1.29 is 8.78 Å². The van der Waals surface area contributed by atoms with Gasteiger partial charge in [-0.3, -0.25) is 0 Å². The Bertz CT molecular complexity index is 806. The highest BCUT2D eigenvalue weighted by Gasteiger charge is 2.08. The Kier molecular flexibility index (Phi) is 3.29. The standard InChI is InChI=1S/C17H14F2N2/c1-11-3-4-14(13-5-6-15(18)16(19)9-13)10-17(11)21-8-7-12(2)20-21/h3-10H,1-2H3. The van der Waals surface area contributed by atoms with Gasteiger partial charge < -0.3 is 0 Å². The first-order valence-corrected chi connectivity index (χ1v) is 6.63. The molecular weight excluding hydrogens is 270 g/mol. The second-order valence-corrected chi connectivity index (χ2v) is 5.03. The molecule has 2 aromatic carbocycles. The van der Waals surface area contributed by atoms with E-state index in [0.717, 1.165) is 28.6 Å². The minimum atomic E-state index is -0.843. The number of hydrogen-bond acceptors (Lipinski definition) is 1. The van der Waals surface area contributed by atoms with Crippen molar-refractivity contribution >= 4 is 0 Å². The summed E-state index contributed by atoms with van der Waals surface area (Å²) in [6.07, 6.45) is 1.88. The Morgan fingerprint density at radius 1 is 0.857 bits per heavy atom. The Balaban J connectivity index is 2.10. The van der Waals surface area contributed by atoms with Gasteiger partial charge in [-0.25, -0.2) is 13.5 Å². The Labute approximate surface area is 121 Å². The Hall–Kier alpha value is -2.49. The summed E-state index contributed by atoms with van der Waals surface area (Å²) in [6.45, 7) is 3.91. The smallest absolute Gasteiger partial charge is 0.159 e. The molecule has 0 amide bonds.